The number of fused-ring (bicyclic) bond motifs is 1. The molecule has 1 heterocycles. The van der Waals surface area contributed by atoms with Crippen LogP contribution in [0.5, 0.6) is 23.0 Å². The number of anilines is 1. The van der Waals surface area contributed by atoms with Crippen molar-refractivity contribution < 1.29 is 23.7 Å². The summed E-state index contributed by atoms with van der Waals surface area (Å²) in [5, 5.41) is 12.0. The van der Waals surface area contributed by atoms with Gasteiger partial charge in [-0.15, -0.1) is 0 Å². The Morgan fingerprint density at radius 3 is 2.69 bits per heavy atom. The summed E-state index contributed by atoms with van der Waals surface area (Å²) in [6.45, 7) is 0.158. The minimum atomic E-state index is -0.548. The standard InChI is InChI=1S/C19H16N2O5/c1-23-14-4-5-15(17(9-14)24-2)21-19(22)13(10-20)7-12-3-6-16-18(8-12)26-11-25-16/h3-9H,11H2,1-2H3,(H,21,22)/b13-7+. The summed E-state index contributed by atoms with van der Waals surface area (Å²) in [5.74, 6) is 1.68. The van der Waals surface area contributed by atoms with Crippen LogP contribution in [0.1, 0.15) is 5.56 Å². The number of nitrogens with one attached hydrogen (secondary N) is 1. The fourth-order valence-electron chi connectivity index (χ4n) is 2.41. The molecule has 0 saturated carbocycles. The van der Waals surface area contributed by atoms with Gasteiger partial charge in [0, 0.05) is 6.07 Å². The molecule has 0 aromatic heterocycles. The fraction of sp³-hybridized carbons (Fsp3) is 0.158. The minimum absolute atomic E-state index is 0.0539. The Bertz CT molecular complexity index is 915. The Kier molecular flexibility index (Phi) is 4.94. The zero-order chi connectivity index (χ0) is 18.5. The number of carbonyl (C=O) groups is 1. The summed E-state index contributed by atoms with van der Waals surface area (Å²) in [6, 6.07) is 12.1. The molecule has 0 unspecified atom stereocenters. The van der Waals surface area contributed by atoms with Gasteiger partial charge in [-0.05, 0) is 35.9 Å². The molecule has 0 radical (unpaired) electrons. The normalized spacial score (nSPS) is 12.3. The first-order valence-electron chi connectivity index (χ1n) is 7.69. The lowest BCUT2D eigenvalue weighted by atomic mass is 10.1. The summed E-state index contributed by atoms with van der Waals surface area (Å²) in [5.41, 5.74) is 1.04. The molecule has 26 heavy (non-hydrogen) atoms. The average molecular weight is 352 g/mol. The summed E-state index contributed by atoms with van der Waals surface area (Å²) in [6.07, 6.45) is 1.48. The highest BCUT2D eigenvalue weighted by molar-refractivity contribution is 6.10. The van der Waals surface area contributed by atoms with E-state index >= 15 is 0 Å². The van der Waals surface area contributed by atoms with E-state index in [0.29, 0.717) is 34.2 Å². The van der Waals surface area contributed by atoms with Crippen molar-refractivity contribution in [2.75, 3.05) is 26.3 Å². The summed E-state index contributed by atoms with van der Waals surface area (Å²) < 4.78 is 20.9. The van der Waals surface area contributed by atoms with Crippen LogP contribution in [-0.4, -0.2) is 26.9 Å². The third-order valence-corrected chi connectivity index (χ3v) is 3.73. The van der Waals surface area contributed by atoms with Crippen molar-refractivity contribution in [1.82, 2.24) is 0 Å². The van der Waals surface area contributed by atoms with Crippen molar-refractivity contribution in [3.8, 4) is 29.1 Å². The lowest BCUT2D eigenvalue weighted by molar-refractivity contribution is -0.112. The Hall–Kier alpha value is -3.66. The third kappa shape index (κ3) is 3.54. The quantitative estimate of drug-likeness (QED) is 0.657. The first-order valence-corrected chi connectivity index (χ1v) is 7.69. The third-order valence-electron chi connectivity index (χ3n) is 3.73. The molecular weight excluding hydrogens is 336 g/mol. The van der Waals surface area contributed by atoms with Crippen molar-refractivity contribution in [2.24, 2.45) is 0 Å². The van der Waals surface area contributed by atoms with E-state index in [1.807, 2.05) is 6.07 Å². The Balaban J connectivity index is 1.82. The highest BCUT2D eigenvalue weighted by Crippen LogP contribution is 2.33. The molecular formula is C19H16N2O5. The van der Waals surface area contributed by atoms with Crippen LogP contribution in [-0.2, 0) is 4.79 Å². The summed E-state index contributed by atoms with van der Waals surface area (Å²) in [7, 11) is 3.02. The van der Waals surface area contributed by atoms with Gasteiger partial charge < -0.3 is 24.3 Å². The summed E-state index contributed by atoms with van der Waals surface area (Å²) >= 11 is 0. The lowest BCUT2D eigenvalue weighted by Gasteiger charge is -2.11. The molecule has 0 spiro atoms. The number of ether oxygens (including phenoxy) is 4. The van der Waals surface area contributed by atoms with Gasteiger partial charge in [-0.3, -0.25) is 4.79 Å². The fourth-order valence-corrected chi connectivity index (χ4v) is 2.41. The van der Waals surface area contributed by atoms with E-state index in [-0.39, 0.29) is 12.4 Å². The number of amides is 1. The number of methoxy groups -OCH3 is 2. The molecule has 2 aromatic rings. The number of nitriles is 1. The van der Waals surface area contributed by atoms with E-state index in [1.54, 1.807) is 36.4 Å². The number of rotatable bonds is 5. The topological polar surface area (TPSA) is 89.8 Å². The van der Waals surface area contributed by atoms with E-state index in [0.717, 1.165) is 0 Å². The number of carbonyl (C=O) groups excluding carboxylic acids is 1. The van der Waals surface area contributed by atoms with Crippen molar-refractivity contribution in [3.63, 3.8) is 0 Å². The average Bonchev–Trinajstić information content (AvgIpc) is 3.14. The second-order valence-electron chi connectivity index (χ2n) is 5.30. The molecule has 1 amide bonds. The number of hydrogen-bond acceptors (Lipinski definition) is 6. The predicted octanol–water partition coefficient (Wildman–Crippen LogP) is 2.98. The molecule has 0 bridgehead atoms. The van der Waals surface area contributed by atoms with Crippen molar-refractivity contribution >= 4 is 17.7 Å². The van der Waals surface area contributed by atoms with E-state index in [1.165, 1.54) is 20.3 Å². The molecule has 0 fully saturated rings. The van der Waals surface area contributed by atoms with Gasteiger partial charge in [0.25, 0.3) is 5.91 Å². The second kappa shape index (κ2) is 7.49. The van der Waals surface area contributed by atoms with Gasteiger partial charge in [0.2, 0.25) is 6.79 Å². The van der Waals surface area contributed by atoms with E-state index in [9.17, 15) is 10.1 Å². The van der Waals surface area contributed by atoms with Crippen LogP contribution in [0.2, 0.25) is 0 Å². The first kappa shape index (κ1) is 17.2. The first-order chi connectivity index (χ1) is 12.6. The highest BCUT2D eigenvalue weighted by atomic mass is 16.7. The van der Waals surface area contributed by atoms with Gasteiger partial charge in [-0.2, -0.15) is 5.26 Å². The van der Waals surface area contributed by atoms with Crippen LogP contribution in [0.15, 0.2) is 42.0 Å². The molecule has 132 valence electrons. The zero-order valence-corrected chi connectivity index (χ0v) is 14.2. The second-order valence-corrected chi connectivity index (χ2v) is 5.30. The SMILES string of the molecule is COc1ccc(NC(=O)/C(C#N)=C/c2ccc3c(c2)OCO3)c(OC)c1. The monoisotopic (exact) mass is 352 g/mol. The number of hydrogen-bond donors (Lipinski definition) is 1. The van der Waals surface area contributed by atoms with Crippen LogP contribution in [0.3, 0.4) is 0 Å². The number of benzene rings is 2. The van der Waals surface area contributed by atoms with E-state index in [4.69, 9.17) is 18.9 Å². The van der Waals surface area contributed by atoms with E-state index in [2.05, 4.69) is 5.32 Å². The van der Waals surface area contributed by atoms with Gasteiger partial charge >= 0.3 is 0 Å². The van der Waals surface area contributed by atoms with Crippen molar-refractivity contribution in [1.29, 1.82) is 5.26 Å². The Morgan fingerprint density at radius 2 is 1.96 bits per heavy atom. The maximum Gasteiger partial charge on any atom is 0.266 e. The van der Waals surface area contributed by atoms with E-state index < -0.39 is 5.91 Å². The molecule has 0 aliphatic carbocycles. The summed E-state index contributed by atoms with van der Waals surface area (Å²) in [4.78, 5) is 12.5. The van der Waals surface area contributed by atoms with Gasteiger partial charge in [0.15, 0.2) is 11.5 Å². The predicted molar refractivity (Wildman–Crippen MR) is 94.3 cm³/mol. The molecule has 7 nitrogen and oxygen atoms in total. The molecule has 2 aromatic carbocycles. The Morgan fingerprint density at radius 1 is 1.15 bits per heavy atom. The van der Waals surface area contributed by atoms with Gasteiger partial charge in [0.05, 0.1) is 19.9 Å². The van der Waals surface area contributed by atoms with Crippen LogP contribution < -0.4 is 24.3 Å². The number of nitrogens with zero attached hydrogens (tertiary/aromatic N) is 1. The van der Waals surface area contributed by atoms with Crippen LogP contribution >= 0.6 is 0 Å². The minimum Gasteiger partial charge on any atom is -0.497 e. The molecule has 1 aliphatic heterocycles. The van der Waals surface area contributed by atoms with Crippen LogP contribution in [0, 0.1) is 11.3 Å². The largest absolute Gasteiger partial charge is 0.497 e. The van der Waals surface area contributed by atoms with Crippen molar-refractivity contribution in [3.05, 3.63) is 47.5 Å². The van der Waals surface area contributed by atoms with Crippen LogP contribution in [0.4, 0.5) is 5.69 Å². The molecule has 3 rings (SSSR count). The maximum absolute atomic E-state index is 12.5. The zero-order valence-electron chi connectivity index (χ0n) is 14.2. The molecule has 1 N–H and O–H groups in total. The molecule has 7 heteroatoms. The molecule has 0 saturated heterocycles. The maximum atomic E-state index is 12.5. The van der Waals surface area contributed by atoms with Gasteiger partial charge in [0.1, 0.15) is 23.1 Å². The molecule has 1 aliphatic rings. The van der Waals surface area contributed by atoms with Crippen LogP contribution in [0.25, 0.3) is 6.08 Å². The Labute approximate surface area is 150 Å². The lowest BCUT2D eigenvalue weighted by Crippen LogP contribution is -2.14. The van der Waals surface area contributed by atoms with Crippen molar-refractivity contribution in [2.45, 2.75) is 0 Å². The van der Waals surface area contributed by atoms with Gasteiger partial charge in [-0.1, -0.05) is 6.07 Å². The van der Waals surface area contributed by atoms with Gasteiger partial charge in [-0.25, -0.2) is 0 Å². The molecule has 0 atom stereocenters. The smallest absolute Gasteiger partial charge is 0.266 e. The highest BCUT2D eigenvalue weighted by Gasteiger charge is 2.16.